The van der Waals surface area contributed by atoms with Gasteiger partial charge < -0.3 is 13.6 Å². The third-order valence-corrected chi connectivity index (χ3v) is 9.41. The lowest BCUT2D eigenvalue weighted by Crippen LogP contribution is -2.26. The number of aryl methyl sites for hydroxylation is 3. The summed E-state index contributed by atoms with van der Waals surface area (Å²) in [6.45, 7) is 32.4. The molecule has 1 unspecified atom stereocenters. The van der Waals surface area contributed by atoms with Crippen molar-refractivity contribution in [3.05, 3.63) is 99.0 Å². The molecule has 0 amide bonds. The molecule has 1 fully saturated rings. The highest BCUT2D eigenvalue weighted by molar-refractivity contribution is 5.65. The molecule has 0 N–H and O–H groups in total. The first kappa shape index (κ1) is 38.4. The van der Waals surface area contributed by atoms with E-state index in [0.29, 0.717) is 22.4 Å². The van der Waals surface area contributed by atoms with Gasteiger partial charge in [0.15, 0.2) is 0 Å². The molecule has 1 aliphatic heterocycles. The molecule has 1 aromatic heterocycles. The summed E-state index contributed by atoms with van der Waals surface area (Å²) in [5, 5.41) is 0. The topological polar surface area (TPSA) is 52.6 Å². The Balaban J connectivity index is 0.000000173. The van der Waals surface area contributed by atoms with Crippen molar-refractivity contribution in [1.29, 1.82) is 0 Å². The SMILES string of the molecule is C=C1OC(C(C)(C)C)c2ccccc21.CC(C)(C)C1CCC1.CC(C)(C)c1ccc2c(c1)CCC2.Cc1oc(=O)oc1CC(C)(C)C. The van der Waals surface area contributed by atoms with E-state index in [1.165, 1.54) is 49.7 Å². The van der Waals surface area contributed by atoms with E-state index in [0.717, 1.165) is 23.7 Å². The lowest BCUT2D eigenvalue weighted by atomic mass is 9.69. The van der Waals surface area contributed by atoms with Gasteiger partial charge in [-0.2, -0.15) is 0 Å². The van der Waals surface area contributed by atoms with Gasteiger partial charge in [-0.05, 0) is 77.9 Å². The largest absolute Gasteiger partial charge is 0.519 e. The highest BCUT2D eigenvalue weighted by Crippen LogP contribution is 2.46. The fourth-order valence-corrected chi connectivity index (χ4v) is 6.22. The quantitative estimate of drug-likeness (QED) is 0.264. The van der Waals surface area contributed by atoms with Crippen LogP contribution in [0.15, 0.2) is 62.7 Å². The van der Waals surface area contributed by atoms with Crippen LogP contribution in [0, 0.1) is 29.1 Å². The Hall–Kier alpha value is -3.01. The maximum absolute atomic E-state index is 10.7. The number of ether oxygens (including phenoxy) is 1. The number of fused-ring (bicyclic) bond motifs is 2. The zero-order chi connectivity index (χ0) is 35.4. The van der Waals surface area contributed by atoms with E-state index in [1.807, 2.05) is 6.07 Å². The van der Waals surface area contributed by atoms with Gasteiger partial charge in [-0.15, -0.1) is 0 Å². The molecule has 47 heavy (non-hydrogen) atoms. The maximum atomic E-state index is 10.7. The molecule has 3 aromatic rings. The van der Waals surface area contributed by atoms with E-state index in [-0.39, 0.29) is 16.9 Å². The Morgan fingerprint density at radius 3 is 1.85 bits per heavy atom. The van der Waals surface area contributed by atoms with Crippen LogP contribution in [0.5, 0.6) is 0 Å². The van der Waals surface area contributed by atoms with Gasteiger partial charge in [-0.3, -0.25) is 0 Å². The fourth-order valence-electron chi connectivity index (χ4n) is 6.22. The minimum absolute atomic E-state index is 0.116. The average molecular weight is 645 g/mol. The summed E-state index contributed by atoms with van der Waals surface area (Å²) in [5.74, 6) is 2.48. The highest BCUT2D eigenvalue weighted by Gasteiger charge is 2.35. The molecule has 2 heterocycles. The third-order valence-electron chi connectivity index (χ3n) is 9.41. The van der Waals surface area contributed by atoms with Gasteiger partial charge in [-0.1, -0.05) is 139 Å². The van der Waals surface area contributed by atoms with Crippen LogP contribution in [0.2, 0.25) is 0 Å². The molecule has 4 nitrogen and oxygen atoms in total. The molecule has 1 saturated carbocycles. The second kappa shape index (κ2) is 15.0. The van der Waals surface area contributed by atoms with E-state index in [9.17, 15) is 4.79 Å². The van der Waals surface area contributed by atoms with Crippen LogP contribution >= 0.6 is 0 Å². The van der Waals surface area contributed by atoms with E-state index in [2.05, 4.69) is 126 Å². The Morgan fingerprint density at radius 1 is 0.766 bits per heavy atom. The summed E-state index contributed by atoms with van der Waals surface area (Å²) in [4.78, 5) is 10.7. The van der Waals surface area contributed by atoms with Crippen LogP contribution < -0.4 is 5.82 Å². The Morgan fingerprint density at radius 2 is 1.38 bits per heavy atom. The van der Waals surface area contributed by atoms with Crippen LogP contribution in [0.25, 0.3) is 5.76 Å². The van der Waals surface area contributed by atoms with Gasteiger partial charge >= 0.3 is 5.82 Å². The third kappa shape index (κ3) is 11.3. The van der Waals surface area contributed by atoms with Crippen molar-refractivity contribution >= 4 is 5.76 Å². The molecule has 4 heteroatoms. The van der Waals surface area contributed by atoms with Gasteiger partial charge in [-0.25, -0.2) is 4.79 Å². The van der Waals surface area contributed by atoms with Crippen LogP contribution in [-0.4, -0.2) is 0 Å². The maximum Gasteiger partial charge on any atom is 0.519 e. The first-order chi connectivity index (χ1) is 21.6. The van der Waals surface area contributed by atoms with E-state index in [1.54, 1.807) is 18.1 Å². The average Bonchev–Trinajstić information content (AvgIpc) is 3.58. The summed E-state index contributed by atoms with van der Waals surface area (Å²) in [6.07, 6.45) is 9.23. The van der Waals surface area contributed by atoms with Crippen molar-refractivity contribution in [2.24, 2.45) is 22.2 Å². The molecule has 0 saturated heterocycles. The first-order valence-corrected chi connectivity index (χ1v) is 17.7. The minimum Gasteiger partial charge on any atom is -0.485 e. The zero-order valence-electron chi connectivity index (χ0n) is 32.0. The number of hydrogen-bond donors (Lipinski definition) is 0. The molecular formula is C43H64O4. The normalized spacial score (nSPS) is 17.5. The molecule has 1 atom stereocenters. The molecule has 3 aliphatic rings. The monoisotopic (exact) mass is 644 g/mol. The summed E-state index contributed by atoms with van der Waals surface area (Å²) >= 11 is 0. The predicted octanol–water partition coefficient (Wildman–Crippen LogP) is 12.2. The minimum atomic E-state index is -0.605. The van der Waals surface area contributed by atoms with Crippen molar-refractivity contribution in [3.63, 3.8) is 0 Å². The Labute approximate surface area is 286 Å². The van der Waals surface area contributed by atoms with Crippen LogP contribution in [-0.2, 0) is 29.4 Å². The molecule has 0 radical (unpaired) electrons. The lowest BCUT2D eigenvalue weighted by molar-refractivity contribution is 0.0751. The second-order valence-electron chi connectivity index (χ2n) is 18.1. The summed E-state index contributed by atoms with van der Waals surface area (Å²) in [7, 11) is 0. The molecule has 260 valence electrons. The number of hydrogen-bond acceptors (Lipinski definition) is 4. The van der Waals surface area contributed by atoms with Crippen molar-refractivity contribution in [3.8, 4) is 0 Å². The van der Waals surface area contributed by atoms with E-state index < -0.39 is 5.82 Å². The molecular weight excluding hydrogens is 580 g/mol. The zero-order valence-corrected chi connectivity index (χ0v) is 32.0. The van der Waals surface area contributed by atoms with Gasteiger partial charge in [0.1, 0.15) is 23.4 Å². The van der Waals surface area contributed by atoms with E-state index >= 15 is 0 Å². The Bertz CT molecular complexity index is 1520. The van der Waals surface area contributed by atoms with Crippen molar-refractivity contribution in [2.75, 3.05) is 0 Å². The van der Waals surface area contributed by atoms with Gasteiger partial charge in [0.2, 0.25) is 0 Å². The van der Waals surface area contributed by atoms with Crippen molar-refractivity contribution in [1.82, 2.24) is 0 Å². The van der Waals surface area contributed by atoms with Gasteiger partial charge in [0, 0.05) is 23.0 Å². The van der Waals surface area contributed by atoms with Crippen LogP contribution in [0.3, 0.4) is 0 Å². The molecule has 0 bridgehead atoms. The summed E-state index contributed by atoms with van der Waals surface area (Å²) in [5.41, 5.74) is 8.21. The fraction of sp³-hybridized carbons (Fsp3) is 0.605. The van der Waals surface area contributed by atoms with E-state index in [4.69, 9.17) is 13.6 Å². The number of benzene rings is 2. The summed E-state index contributed by atoms with van der Waals surface area (Å²) < 4.78 is 15.4. The van der Waals surface area contributed by atoms with Crippen LogP contribution in [0.4, 0.5) is 0 Å². The second-order valence-corrected chi connectivity index (χ2v) is 18.1. The van der Waals surface area contributed by atoms with Crippen LogP contribution in [0.1, 0.15) is 154 Å². The molecule has 6 rings (SSSR count). The standard InChI is InChI=1S/C13H16O.C13H18.C9H14O3.C8H16/c1-9-10-7-5-6-8-11(10)12(14-9)13(2,3)4;1-13(2,3)12-8-7-10-5-4-6-11(10)9-12;1-6-7(5-9(2,3)4)12-8(10)11-6;1-8(2,3)7-5-4-6-7/h5-8,12H,1H2,2-4H3;7-9H,4-6H2,1-3H3;5H2,1-4H3;7H,4-6H2,1-3H3. The van der Waals surface area contributed by atoms with Crippen molar-refractivity contribution in [2.45, 2.75) is 146 Å². The lowest BCUT2D eigenvalue weighted by Gasteiger charge is -2.37. The smallest absolute Gasteiger partial charge is 0.485 e. The highest BCUT2D eigenvalue weighted by atomic mass is 16.6. The first-order valence-electron chi connectivity index (χ1n) is 17.7. The van der Waals surface area contributed by atoms with Gasteiger partial charge in [0.05, 0.1) is 0 Å². The van der Waals surface area contributed by atoms with Gasteiger partial charge in [0.25, 0.3) is 0 Å². The predicted molar refractivity (Wildman–Crippen MR) is 198 cm³/mol. The number of rotatable bonds is 1. The molecule has 0 spiro atoms. The van der Waals surface area contributed by atoms with Crippen molar-refractivity contribution < 1.29 is 13.6 Å². The molecule has 2 aromatic carbocycles. The Kier molecular flexibility index (Phi) is 12.3. The summed E-state index contributed by atoms with van der Waals surface area (Å²) in [6, 6.07) is 15.3. The molecule has 2 aliphatic carbocycles.